The van der Waals surface area contributed by atoms with E-state index in [9.17, 15) is 5.11 Å². The molecule has 21 heavy (non-hydrogen) atoms. The summed E-state index contributed by atoms with van der Waals surface area (Å²) < 4.78 is 0. The van der Waals surface area contributed by atoms with Gasteiger partial charge in [-0.2, -0.15) is 0 Å². The van der Waals surface area contributed by atoms with Gasteiger partial charge in [0.05, 0.1) is 0 Å². The topological polar surface area (TPSA) is 32.3 Å². The molecule has 0 spiro atoms. The molecule has 0 aliphatic carbocycles. The second-order valence-corrected chi connectivity index (χ2v) is 5.80. The summed E-state index contributed by atoms with van der Waals surface area (Å²) in [6.07, 6.45) is 3.22. The van der Waals surface area contributed by atoms with Crippen molar-refractivity contribution in [3.8, 4) is 5.75 Å². The standard InChI is InChI=1S/C19H25NO/c1-15-4-3-5-18(14-15)12-13-20-16(2)6-7-17-8-10-19(21)11-9-17/h3-5,8-11,14,16,20-21H,6-7,12-13H2,1-2H3. The first-order valence-corrected chi connectivity index (χ1v) is 7.70. The third-order valence-electron chi connectivity index (χ3n) is 3.79. The normalized spacial score (nSPS) is 12.3. The third-order valence-corrected chi connectivity index (χ3v) is 3.79. The summed E-state index contributed by atoms with van der Waals surface area (Å²) in [4.78, 5) is 0. The highest BCUT2D eigenvalue weighted by atomic mass is 16.3. The summed E-state index contributed by atoms with van der Waals surface area (Å²) in [5.74, 6) is 0.336. The molecule has 0 heterocycles. The number of rotatable bonds is 7. The number of phenolic OH excluding ortho intramolecular Hbond substituents is 1. The molecule has 0 aromatic heterocycles. The Hall–Kier alpha value is -1.80. The predicted octanol–water partition coefficient (Wildman–Crippen LogP) is 3.85. The number of benzene rings is 2. The largest absolute Gasteiger partial charge is 0.508 e. The Morgan fingerprint density at radius 3 is 2.48 bits per heavy atom. The van der Waals surface area contributed by atoms with Crippen molar-refractivity contribution in [2.24, 2.45) is 0 Å². The van der Waals surface area contributed by atoms with Gasteiger partial charge >= 0.3 is 0 Å². The van der Waals surface area contributed by atoms with Gasteiger partial charge in [-0.1, -0.05) is 42.0 Å². The summed E-state index contributed by atoms with van der Waals surface area (Å²) in [5.41, 5.74) is 4.00. The maximum absolute atomic E-state index is 9.27. The molecule has 0 aliphatic rings. The highest BCUT2D eigenvalue weighted by Crippen LogP contribution is 2.12. The molecule has 0 amide bonds. The molecule has 0 radical (unpaired) electrons. The van der Waals surface area contributed by atoms with Gasteiger partial charge in [0.15, 0.2) is 0 Å². The molecular weight excluding hydrogens is 258 g/mol. The molecular formula is C19H25NO. The summed E-state index contributed by atoms with van der Waals surface area (Å²) >= 11 is 0. The Morgan fingerprint density at radius 1 is 1.00 bits per heavy atom. The number of aromatic hydroxyl groups is 1. The highest BCUT2D eigenvalue weighted by molar-refractivity contribution is 5.26. The molecule has 2 N–H and O–H groups in total. The maximum atomic E-state index is 9.27. The van der Waals surface area contributed by atoms with E-state index >= 15 is 0 Å². The third kappa shape index (κ3) is 5.60. The number of aryl methyl sites for hydroxylation is 2. The van der Waals surface area contributed by atoms with Gasteiger partial charge in [-0.15, -0.1) is 0 Å². The number of hydrogen-bond acceptors (Lipinski definition) is 2. The average Bonchev–Trinajstić information content (AvgIpc) is 2.47. The Balaban J connectivity index is 1.67. The van der Waals surface area contributed by atoms with Crippen LogP contribution < -0.4 is 5.32 Å². The molecule has 2 rings (SSSR count). The summed E-state index contributed by atoms with van der Waals surface area (Å²) in [6.45, 7) is 5.38. The molecule has 2 aromatic rings. The Morgan fingerprint density at radius 2 is 1.76 bits per heavy atom. The monoisotopic (exact) mass is 283 g/mol. The van der Waals surface area contributed by atoms with Crippen LogP contribution in [-0.4, -0.2) is 17.7 Å². The molecule has 0 aliphatic heterocycles. The molecule has 2 aromatic carbocycles. The van der Waals surface area contributed by atoms with Crippen molar-refractivity contribution < 1.29 is 5.11 Å². The van der Waals surface area contributed by atoms with Crippen LogP contribution in [0.4, 0.5) is 0 Å². The van der Waals surface area contributed by atoms with E-state index in [1.165, 1.54) is 16.7 Å². The van der Waals surface area contributed by atoms with Gasteiger partial charge in [0.2, 0.25) is 0 Å². The summed E-state index contributed by atoms with van der Waals surface area (Å²) in [7, 11) is 0. The molecule has 1 atom stereocenters. The van der Waals surface area contributed by atoms with Gasteiger partial charge in [0, 0.05) is 6.04 Å². The van der Waals surface area contributed by atoms with Gasteiger partial charge < -0.3 is 10.4 Å². The van der Waals surface area contributed by atoms with Crippen LogP contribution in [0.15, 0.2) is 48.5 Å². The van der Waals surface area contributed by atoms with E-state index in [2.05, 4.69) is 43.4 Å². The van der Waals surface area contributed by atoms with Crippen LogP contribution in [0.3, 0.4) is 0 Å². The van der Waals surface area contributed by atoms with E-state index < -0.39 is 0 Å². The van der Waals surface area contributed by atoms with Crippen LogP contribution in [0.5, 0.6) is 5.75 Å². The van der Waals surface area contributed by atoms with Crippen molar-refractivity contribution in [2.45, 2.75) is 39.2 Å². The second kappa shape index (κ2) is 7.84. The SMILES string of the molecule is Cc1cccc(CCNC(C)CCc2ccc(O)cc2)c1. The minimum absolute atomic E-state index is 0.336. The minimum atomic E-state index is 0.336. The van der Waals surface area contributed by atoms with Gasteiger partial charge in [-0.25, -0.2) is 0 Å². The van der Waals surface area contributed by atoms with Gasteiger partial charge in [0.1, 0.15) is 5.75 Å². The fourth-order valence-corrected chi connectivity index (χ4v) is 2.48. The van der Waals surface area contributed by atoms with Crippen LogP contribution in [0.1, 0.15) is 30.0 Å². The molecule has 0 fully saturated rings. The van der Waals surface area contributed by atoms with E-state index in [0.717, 1.165) is 25.8 Å². The molecule has 0 bridgehead atoms. The van der Waals surface area contributed by atoms with E-state index in [-0.39, 0.29) is 0 Å². The lowest BCUT2D eigenvalue weighted by Gasteiger charge is -2.14. The van der Waals surface area contributed by atoms with Crippen molar-refractivity contribution >= 4 is 0 Å². The Kier molecular flexibility index (Phi) is 5.82. The second-order valence-electron chi connectivity index (χ2n) is 5.80. The first kappa shape index (κ1) is 15.6. The van der Waals surface area contributed by atoms with Gasteiger partial charge in [0.25, 0.3) is 0 Å². The average molecular weight is 283 g/mol. The Bertz CT molecular complexity index is 548. The zero-order valence-corrected chi connectivity index (χ0v) is 13.0. The summed E-state index contributed by atoms with van der Waals surface area (Å²) in [6, 6.07) is 16.7. The van der Waals surface area contributed by atoms with Crippen molar-refractivity contribution in [1.29, 1.82) is 0 Å². The molecule has 0 saturated heterocycles. The van der Waals surface area contributed by atoms with Crippen LogP contribution in [0.25, 0.3) is 0 Å². The first-order valence-electron chi connectivity index (χ1n) is 7.70. The fraction of sp³-hybridized carbons (Fsp3) is 0.368. The maximum Gasteiger partial charge on any atom is 0.115 e. The van der Waals surface area contributed by atoms with E-state index in [0.29, 0.717) is 11.8 Å². The van der Waals surface area contributed by atoms with Crippen molar-refractivity contribution in [3.05, 3.63) is 65.2 Å². The summed E-state index contributed by atoms with van der Waals surface area (Å²) in [5, 5.41) is 12.8. The van der Waals surface area contributed by atoms with Crippen LogP contribution in [-0.2, 0) is 12.8 Å². The zero-order chi connectivity index (χ0) is 15.1. The van der Waals surface area contributed by atoms with Gasteiger partial charge in [-0.05, 0) is 62.9 Å². The molecule has 2 heteroatoms. The first-order chi connectivity index (χ1) is 10.1. The molecule has 0 saturated carbocycles. The predicted molar refractivity (Wildman–Crippen MR) is 88.8 cm³/mol. The zero-order valence-electron chi connectivity index (χ0n) is 13.0. The smallest absolute Gasteiger partial charge is 0.115 e. The lowest BCUT2D eigenvalue weighted by atomic mass is 10.1. The molecule has 2 nitrogen and oxygen atoms in total. The Labute approximate surface area is 127 Å². The van der Waals surface area contributed by atoms with Crippen molar-refractivity contribution in [2.75, 3.05) is 6.54 Å². The van der Waals surface area contributed by atoms with Crippen LogP contribution >= 0.6 is 0 Å². The minimum Gasteiger partial charge on any atom is -0.508 e. The van der Waals surface area contributed by atoms with Crippen LogP contribution in [0, 0.1) is 6.92 Å². The van der Waals surface area contributed by atoms with Gasteiger partial charge in [-0.3, -0.25) is 0 Å². The van der Waals surface area contributed by atoms with Crippen molar-refractivity contribution in [1.82, 2.24) is 5.32 Å². The lowest BCUT2D eigenvalue weighted by molar-refractivity contribution is 0.474. The number of nitrogens with one attached hydrogen (secondary N) is 1. The fourth-order valence-electron chi connectivity index (χ4n) is 2.48. The quantitative estimate of drug-likeness (QED) is 0.809. The van der Waals surface area contributed by atoms with E-state index in [4.69, 9.17) is 0 Å². The number of phenols is 1. The lowest BCUT2D eigenvalue weighted by Crippen LogP contribution is -2.28. The van der Waals surface area contributed by atoms with E-state index in [1.807, 2.05) is 12.1 Å². The van der Waals surface area contributed by atoms with Crippen molar-refractivity contribution in [3.63, 3.8) is 0 Å². The molecule has 112 valence electrons. The van der Waals surface area contributed by atoms with Crippen LogP contribution in [0.2, 0.25) is 0 Å². The van der Waals surface area contributed by atoms with E-state index in [1.54, 1.807) is 12.1 Å². The molecule has 1 unspecified atom stereocenters. The highest BCUT2D eigenvalue weighted by Gasteiger charge is 2.02. The number of hydrogen-bond donors (Lipinski definition) is 2.